The lowest BCUT2D eigenvalue weighted by atomic mass is 9.81. The Bertz CT molecular complexity index is 229. The van der Waals surface area contributed by atoms with Crippen LogP contribution in [0.15, 0.2) is 0 Å². The lowest BCUT2D eigenvalue weighted by Gasteiger charge is -2.28. The van der Waals surface area contributed by atoms with Crippen molar-refractivity contribution in [2.24, 2.45) is 17.8 Å². The topological polar surface area (TPSA) is 32.3 Å². The number of hydrogen-bond acceptors (Lipinski definition) is 2. The first-order valence-corrected chi connectivity index (χ1v) is 8.66. The van der Waals surface area contributed by atoms with Crippen LogP contribution in [0.2, 0.25) is 0 Å². The van der Waals surface area contributed by atoms with Crippen molar-refractivity contribution in [3.05, 3.63) is 0 Å². The fraction of sp³-hybridized carbons (Fsp3) is 1.00. The minimum absolute atomic E-state index is 0.116. The zero-order chi connectivity index (χ0) is 13.5. The first-order valence-electron chi connectivity index (χ1n) is 8.66. The van der Waals surface area contributed by atoms with Gasteiger partial charge in [-0.15, -0.1) is 0 Å². The molecule has 0 aliphatic heterocycles. The molecule has 2 rings (SSSR count). The quantitative estimate of drug-likeness (QED) is 0.736. The molecule has 2 N–H and O–H groups in total. The second kappa shape index (κ2) is 8.26. The highest BCUT2D eigenvalue weighted by Crippen LogP contribution is 2.30. The van der Waals surface area contributed by atoms with Crippen LogP contribution in [0.1, 0.15) is 71.1 Å². The second-order valence-electron chi connectivity index (χ2n) is 6.99. The summed E-state index contributed by atoms with van der Waals surface area (Å²) in [6.45, 7) is 4.25. The van der Waals surface area contributed by atoms with Gasteiger partial charge in [-0.1, -0.05) is 51.9 Å². The summed E-state index contributed by atoms with van der Waals surface area (Å²) in [6.07, 6.45) is 13.4. The van der Waals surface area contributed by atoms with Crippen molar-refractivity contribution in [3.63, 3.8) is 0 Å². The molecule has 0 aromatic carbocycles. The summed E-state index contributed by atoms with van der Waals surface area (Å²) in [5.41, 5.74) is 0. The van der Waals surface area contributed by atoms with Crippen molar-refractivity contribution in [2.45, 2.75) is 77.2 Å². The summed E-state index contributed by atoms with van der Waals surface area (Å²) < 4.78 is 0. The smallest absolute Gasteiger partial charge is 0.0667 e. The van der Waals surface area contributed by atoms with Crippen LogP contribution in [-0.4, -0.2) is 24.3 Å². The maximum absolute atomic E-state index is 10.1. The zero-order valence-electron chi connectivity index (χ0n) is 12.7. The standard InChI is InChI=1S/C17H33NO/c1-2-14-7-9-16(10-8-14)12-18-13-17(19)11-15-5-3-4-6-15/h14-19H,2-13H2,1H3. The third-order valence-electron chi connectivity index (χ3n) is 5.44. The van der Waals surface area contributed by atoms with E-state index >= 15 is 0 Å². The first-order chi connectivity index (χ1) is 9.28. The Morgan fingerprint density at radius 1 is 0.947 bits per heavy atom. The molecule has 0 saturated heterocycles. The number of rotatable bonds is 7. The molecule has 0 radical (unpaired) electrons. The summed E-state index contributed by atoms with van der Waals surface area (Å²) in [5.74, 6) is 2.66. The first kappa shape index (κ1) is 15.3. The molecule has 2 heteroatoms. The molecule has 2 aliphatic carbocycles. The Hall–Kier alpha value is -0.0800. The number of aliphatic hydroxyl groups is 1. The lowest BCUT2D eigenvalue weighted by Crippen LogP contribution is -2.33. The molecule has 19 heavy (non-hydrogen) atoms. The fourth-order valence-electron chi connectivity index (χ4n) is 4.01. The van der Waals surface area contributed by atoms with Gasteiger partial charge in [0.1, 0.15) is 0 Å². The van der Waals surface area contributed by atoms with E-state index in [0.717, 1.165) is 37.3 Å². The van der Waals surface area contributed by atoms with Gasteiger partial charge in [0.2, 0.25) is 0 Å². The highest BCUT2D eigenvalue weighted by molar-refractivity contribution is 4.75. The molecule has 2 saturated carbocycles. The van der Waals surface area contributed by atoms with E-state index in [1.165, 1.54) is 57.8 Å². The van der Waals surface area contributed by atoms with Gasteiger partial charge in [-0.2, -0.15) is 0 Å². The van der Waals surface area contributed by atoms with Crippen molar-refractivity contribution in [3.8, 4) is 0 Å². The van der Waals surface area contributed by atoms with Gasteiger partial charge in [0.15, 0.2) is 0 Å². The van der Waals surface area contributed by atoms with E-state index < -0.39 is 0 Å². The van der Waals surface area contributed by atoms with E-state index in [0.29, 0.717) is 0 Å². The van der Waals surface area contributed by atoms with Crippen LogP contribution in [0.5, 0.6) is 0 Å². The Morgan fingerprint density at radius 2 is 1.58 bits per heavy atom. The highest BCUT2D eigenvalue weighted by atomic mass is 16.3. The van der Waals surface area contributed by atoms with Gasteiger partial charge < -0.3 is 10.4 Å². The third kappa shape index (κ3) is 5.43. The molecule has 1 unspecified atom stereocenters. The number of hydrogen-bond donors (Lipinski definition) is 2. The Kier molecular flexibility index (Phi) is 6.66. The van der Waals surface area contributed by atoms with Gasteiger partial charge >= 0.3 is 0 Å². The average molecular weight is 267 g/mol. The minimum atomic E-state index is -0.116. The largest absolute Gasteiger partial charge is 0.392 e. The lowest BCUT2D eigenvalue weighted by molar-refractivity contribution is 0.137. The van der Waals surface area contributed by atoms with Gasteiger partial charge in [0, 0.05) is 6.54 Å². The van der Waals surface area contributed by atoms with Crippen LogP contribution in [0.4, 0.5) is 0 Å². The van der Waals surface area contributed by atoms with Crippen molar-refractivity contribution < 1.29 is 5.11 Å². The third-order valence-corrected chi connectivity index (χ3v) is 5.44. The van der Waals surface area contributed by atoms with E-state index in [4.69, 9.17) is 0 Å². The van der Waals surface area contributed by atoms with Gasteiger partial charge in [-0.3, -0.25) is 0 Å². The maximum atomic E-state index is 10.1. The van der Waals surface area contributed by atoms with E-state index in [1.807, 2.05) is 0 Å². The van der Waals surface area contributed by atoms with Crippen molar-refractivity contribution in [2.75, 3.05) is 13.1 Å². The van der Waals surface area contributed by atoms with Gasteiger partial charge in [0.05, 0.1) is 6.10 Å². The van der Waals surface area contributed by atoms with Crippen LogP contribution in [0, 0.1) is 17.8 Å². The molecular formula is C17H33NO. The second-order valence-corrected chi connectivity index (χ2v) is 6.99. The Morgan fingerprint density at radius 3 is 2.21 bits per heavy atom. The van der Waals surface area contributed by atoms with Gasteiger partial charge in [-0.05, 0) is 43.6 Å². The van der Waals surface area contributed by atoms with Crippen molar-refractivity contribution in [1.82, 2.24) is 5.32 Å². The van der Waals surface area contributed by atoms with Gasteiger partial charge in [-0.25, -0.2) is 0 Å². The molecule has 0 bridgehead atoms. The predicted molar refractivity (Wildman–Crippen MR) is 81.2 cm³/mol. The fourth-order valence-corrected chi connectivity index (χ4v) is 4.01. The van der Waals surface area contributed by atoms with E-state index in [9.17, 15) is 5.11 Å². The van der Waals surface area contributed by atoms with Gasteiger partial charge in [0.25, 0.3) is 0 Å². The van der Waals surface area contributed by atoms with Crippen LogP contribution in [0.25, 0.3) is 0 Å². The summed E-state index contributed by atoms with van der Waals surface area (Å²) in [4.78, 5) is 0. The molecule has 0 heterocycles. The van der Waals surface area contributed by atoms with Crippen LogP contribution < -0.4 is 5.32 Å². The zero-order valence-corrected chi connectivity index (χ0v) is 12.7. The summed E-state index contributed by atoms with van der Waals surface area (Å²) in [5, 5.41) is 13.6. The molecule has 0 aromatic heterocycles. The number of aliphatic hydroxyl groups excluding tert-OH is 1. The summed E-state index contributed by atoms with van der Waals surface area (Å²) >= 11 is 0. The molecule has 112 valence electrons. The minimum Gasteiger partial charge on any atom is -0.392 e. The summed E-state index contributed by atoms with van der Waals surface area (Å²) in [7, 11) is 0. The maximum Gasteiger partial charge on any atom is 0.0667 e. The Balaban J connectivity index is 1.51. The van der Waals surface area contributed by atoms with Crippen LogP contribution >= 0.6 is 0 Å². The van der Waals surface area contributed by atoms with E-state index in [2.05, 4.69) is 12.2 Å². The van der Waals surface area contributed by atoms with Crippen molar-refractivity contribution in [1.29, 1.82) is 0 Å². The van der Waals surface area contributed by atoms with E-state index in [1.54, 1.807) is 0 Å². The van der Waals surface area contributed by atoms with Crippen molar-refractivity contribution >= 4 is 0 Å². The predicted octanol–water partition coefficient (Wildman–Crippen LogP) is 3.73. The van der Waals surface area contributed by atoms with E-state index in [-0.39, 0.29) is 6.10 Å². The molecular weight excluding hydrogens is 234 g/mol. The molecule has 2 aliphatic rings. The van der Waals surface area contributed by atoms with Crippen LogP contribution in [0.3, 0.4) is 0 Å². The Labute approximate surface area is 119 Å². The highest BCUT2D eigenvalue weighted by Gasteiger charge is 2.21. The van der Waals surface area contributed by atoms with Crippen LogP contribution in [-0.2, 0) is 0 Å². The molecule has 2 nitrogen and oxygen atoms in total. The SMILES string of the molecule is CCC1CCC(CNCC(O)CC2CCCC2)CC1. The monoisotopic (exact) mass is 267 g/mol. The molecule has 1 atom stereocenters. The molecule has 0 spiro atoms. The number of nitrogens with one attached hydrogen (secondary N) is 1. The molecule has 0 amide bonds. The normalized spacial score (nSPS) is 30.6. The molecule has 2 fully saturated rings. The average Bonchev–Trinajstić information content (AvgIpc) is 2.92. The molecule has 0 aromatic rings. The summed E-state index contributed by atoms with van der Waals surface area (Å²) in [6, 6.07) is 0.